The van der Waals surface area contributed by atoms with E-state index >= 15 is 0 Å². The zero-order valence-electron chi connectivity index (χ0n) is 10.2. The third-order valence-electron chi connectivity index (χ3n) is 2.78. The second-order valence-electron chi connectivity index (χ2n) is 4.06. The Morgan fingerprint density at radius 2 is 1.74 bits per heavy atom. The Morgan fingerprint density at radius 3 is 2.16 bits per heavy atom. The third kappa shape index (κ3) is 2.85. The van der Waals surface area contributed by atoms with E-state index in [0.29, 0.717) is 12.1 Å². The van der Waals surface area contributed by atoms with Crippen molar-refractivity contribution in [1.82, 2.24) is 5.32 Å². The lowest BCUT2D eigenvalue weighted by molar-refractivity contribution is 0.502. The van der Waals surface area contributed by atoms with E-state index in [9.17, 15) is 13.2 Å². The minimum absolute atomic E-state index is 0.169. The highest BCUT2D eigenvalue weighted by Gasteiger charge is 2.23. The normalized spacial score (nSPS) is 12.7. The van der Waals surface area contributed by atoms with Gasteiger partial charge in [0.25, 0.3) is 0 Å². The van der Waals surface area contributed by atoms with Crippen LogP contribution in [0.15, 0.2) is 22.7 Å². The second-order valence-corrected chi connectivity index (χ2v) is 6.20. The average Bonchev–Trinajstić information content (AvgIpc) is 2.63. The molecule has 0 amide bonds. The van der Waals surface area contributed by atoms with Crippen LogP contribution in [0.25, 0.3) is 0 Å². The minimum atomic E-state index is -0.919. The van der Waals surface area contributed by atoms with Gasteiger partial charge in [-0.15, -0.1) is 11.3 Å². The zero-order chi connectivity index (χ0) is 14.2. The highest BCUT2D eigenvalue weighted by molar-refractivity contribution is 9.10. The third-order valence-corrected chi connectivity index (χ3v) is 4.98. The summed E-state index contributed by atoms with van der Waals surface area (Å²) in [4.78, 5) is 1.77. The number of thiophene rings is 1. The van der Waals surface area contributed by atoms with Gasteiger partial charge >= 0.3 is 0 Å². The van der Waals surface area contributed by atoms with Crippen LogP contribution in [0.4, 0.5) is 13.2 Å². The molecule has 1 N–H and O–H groups in total. The van der Waals surface area contributed by atoms with Gasteiger partial charge in [-0.2, -0.15) is 0 Å². The second kappa shape index (κ2) is 5.64. The summed E-state index contributed by atoms with van der Waals surface area (Å²) in [7, 11) is 1.61. The molecule has 0 spiro atoms. The molecule has 6 heteroatoms. The molecule has 0 aliphatic carbocycles. The van der Waals surface area contributed by atoms with E-state index in [4.69, 9.17) is 0 Å². The van der Waals surface area contributed by atoms with Gasteiger partial charge in [0, 0.05) is 31.9 Å². The topological polar surface area (TPSA) is 12.0 Å². The molecule has 1 aromatic heterocycles. The van der Waals surface area contributed by atoms with Crippen molar-refractivity contribution in [3.05, 3.63) is 55.4 Å². The van der Waals surface area contributed by atoms with Gasteiger partial charge in [0.2, 0.25) is 0 Å². The zero-order valence-corrected chi connectivity index (χ0v) is 12.6. The summed E-state index contributed by atoms with van der Waals surface area (Å²) in [6.45, 7) is 1.91. The molecule has 0 aliphatic rings. The molecule has 0 fully saturated rings. The van der Waals surface area contributed by atoms with Gasteiger partial charge in [-0.05, 0) is 36.0 Å². The van der Waals surface area contributed by atoms with Gasteiger partial charge in [-0.3, -0.25) is 0 Å². The van der Waals surface area contributed by atoms with Gasteiger partial charge in [0.05, 0.1) is 6.04 Å². The van der Waals surface area contributed by atoms with E-state index < -0.39 is 23.5 Å². The van der Waals surface area contributed by atoms with Crippen molar-refractivity contribution in [2.24, 2.45) is 0 Å². The number of benzene rings is 1. The van der Waals surface area contributed by atoms with Crippen LogP contribution < -0.4 is 5.32 Å². The molecule has 2 rings (SSSR count). The van der Waals surface area contributed by atoms with Crippen molar-refractivity contribution in [2.45, 2.75) is 13.0 Å². The molecule has 0 saturated carbocycles. The van der Waals surface area contributed by atoms with Crippen LogP contribution in [-0.4, -0.2) is 7.05 Å². The summed E-state index contributed by atoms with van der Waals surface area (Å²) in [5.74, 6) is -2.70. The van der Waals surface area contributed by atoms with Crippen molar-refractivity contribution in [3.8, 4) is 0 Å². The highest BCUT2D eigenvalue weighted by atomic mass is 79.9. The Morgan fingerprint density at radius 1 is 1.16 bits per heavy atom. The first kappa shape index (κ1) is 14.6. The number of hydrogen-bond donors (Lipinski definition) is 1. The van der Waals surface area contributed by atoms with Crippen molar-refractivity contribution in [2.75, 3.05) is 7.05 Å². The Labute approximate surface area is 121 Å². The predicted octanol–water partition coefficient (Wildman–Crippen LogP) is 4.55. The largest absolute Gasteiger partial charge is 0.308 e. The fourth-order valence-electron chi connectivity index (χ4n) is 1.88. The number of nitrogens with one attached hydrogen (secondary N) is 1. The molecular weight excluding hydrogens is 339 g/mol. The predicted molar refractivity (Wildman–Crippen MR) is 74.0 cm³/mol. The average molecular weight is 350 g/mol. The fourth-order valence-corrected chi connectivity index (χ4v) is 3.56. The maximum Gasteiger partial charge on any atom is 0.134 e. The van der Waals surface area contributed by atoms with Crippen molar-refractivity contribution < 1.29 is 13.2 Å². The Bertz CT molecular complexity index is 569. The summed E-state index contributed by atoms with van der Waals surface area (Å²) in [6, 6.07) is 2.55. The van der Waals surface area contributed by atoms with E-state index in [0.717, 1.165) is 14.2 Å². The van der Waals surface area contributed by atoms with Gasteiger partial charge < -0.3 is 5.32 Å². The summed E-state index contributed by atoms with van der Waals surface area (Å²) < 4.78 is 41.5. The first-order valence-electron chi connectivity index (χ1n) is 5.51. The molecule has 1 aromatic carbocycles. The summed E-state index contributed by atoms with van der Waals surface area (Å²) >= 11 is 4.80. The molecule has 2 aromatic rings. The lowest BCUT2D eigenvalue weighted by Gasteiger charge is -2.16. The number of aryl methyl sites for hydroxylation is 1. The van der Waals surface area contributed by atoms with Crippen LogP contribution in [0.3, 0.4) is 0 Å². The molecular formula is C13H11BrF3NS. The van der Waals surface area contributed by atoms with E-state index in [1.165, 1.54) is 11.3 Å². The molecule has 1 atom stereocenters. The fraction of sp³-hybridized carbons (Fsp3) is 0.231. The molecule has 1 heterocycles. The van der Waals surface area contributed by atoms with Gasteiger partial charge in [-0.25, -0.2) is 13.2 Å². The summed E-state index contributed by atoms with van der Waals surface area (Å²) in [6.07, 6.45) is 0. The van der Waals surface area contributed by atoms with Crippen molar-refractivity contribution in [3.63, 3.8) is 0 Å². The number of halogens is 4. The Kier molecular flexibility index (Phi) is 4.32. The maximum absolute atomic E-state index is 13.8. The molecule has 19 heavy (non-hydrogen) atoms. The highest BCUT2D eigenvalue weighted by Crippen LogP contribution is 2.35. The summed E-state index contributed by atoms with van der Waals surface area (Å²) in [5, 5.41) is 2.86. The molecule has 1 nitrogen and oxygen atoms in total. The van der Waals surface area contributed by atoms with E-state index in [-0.39, 0.29) is 5.56 Å². The van der Waals surface area contributed by atoms with E-state index in [1.54, 1.807) is 7.05 Å². The first-order chi connectivity index (χ1) is 8.93. The number of rotatable bonds is 3. The van der Waals surface area contributed by atoms with Crippen molar-refractivity contribution in [1.29, 1.82) is 0 Å². The van der Waals surface area contributed by atoms with Crippen LogP contribution >= 0.6 is 27.3 Å². The van der Waals surface area contributed by atoms with Crippen LogP contribution in [0, 0.1) is 24.4 Å². The van der Waals surface area contributed by atoms with Gasteiger partial charge in [0.15, 0.2) is 0 Å². The van der Waals surface area contributed by atoms with Crippen molar-refractivity contribution >= 4 is 27.3 Å². The van der Waals surface area contributed by atoms with Gasteiger partial charge in [-0.1, -0.05) is 0 Å². The van der Waals surface area contributed by atoms with Crippen LogP contribution in [0.2, 0.25) is 0 Å². The standard InChI is InChI=1S/C13H11BrF3NS/c1-6-8(14)5-11(19-6)13(18-2)12-9(16)3-7(15)4-10(12)17/h3-5,13,18H,1-2H3. The SMILES string of the molecule is CNC(c1cc(Br)c(C)s1)c1c(F)cc(F)cc1F. The van der Waals surface area contributed by atoms with Gasteiger partial charge in [0.1, 0.15) is 17.5 Å². The van der Waals surface area contributed by atoms with Crippen LogP contribution in [0.5, 0.6) is 0 Å². The Hall–Kier alpha value is -0.850. The van der Waals surface area contributed by atoms with E-state index in [1.807, 2.05) is 13.0 Å². The maximum atomic E-state index is 13.8. The quantitative estimate of drug-likeness (QED) is 0.857. The Balaban J connectivity index is 2.54. The lowest BCUT2D eigenvalue weighted by atomic mass is 10.0. The molecule has 0 bridgehead atoms. The molecule has 102 valence electrons. The molecule has 1 unspecified atom stereocenters. The first-order valence-corrected chi connectivity index (χ1v) is 7.12. The van der Waals surface area contributed by atoms with Crippen LogP contribution in [-0.2, 0) is 0 Å². The van der Waals surface area contributed by atoms with Crippen LogP contribution in [0.1, 0.15) is 21.4 Å². The van der Waals surface area contributed by atoms with E-state index in [2.05, 4.69) is 21.2 Å². The minimum Gasteiger partial charge on any atom is -0.308 e. The molecule has 0 saturated heterocycles. The smallest absolute Gasteiger partial charge is 0.134 e. The lowest BCUT2D eigenvalue weighted by Crippen LogP contribution is -2.19. The molecule has 0 aliphatic heterocycles. The summed E-state index contributed by atoms with van der Waals surface area (Å²) in [5.41, 5.74) is -0.169. The molecule has 0 radical (unpaired) electrons. The monoisotopic (exact) mass is 349 g/mol. The number of hydrogen-bond acceptors (Lipinski definition) is 2.